The molecule has 0 saturated heterocycles. The lowest BCUT2D eigenvalue weighted by Gasteiger charge is -2.13. The monoisotopic (exact) mass is 364 g/mol. The number of hydrogen-bond donors (Lipinski definition) is 2. The van der Waals surface area contributed by atoms with Crippen molar-refractivity contribution in [3.05, 3.63) is 58.1 Å². The minimum atomic E-state index is -0.719. The number of aryl methyl sites for hydroxylation is 1. The lowest BCUT2D eigenvalue weighted by atomic mass is 9.62. The highest BCUT2D eigenvalue weighted by molar-refractivity contribution is 6.68. The Hall–Kier alpha value is -1.55. The summed E-state index contributed by atoms with van der Waals surface area (Å²) in [5, 5.41) is 19.3. The molecule has 3 nitrogen and oxygen atoms in total. The van der Waals surface area contributed by atoms with E-state index in [2.05, 4.69) is 65.0 Å². The normalized spacial score (nSPS) is 15.1. The molecule has 0 amide bonds. The fourth-order valence-electron chi connectivity index (χ4n) is 4.11. The predicted molar refractivity (Wildman–Crippen MR) is 114 cm³/mol. The van der Waals surface area contributed by atoms with Crippen molar-refractivity contribution in [2.24, 2.45) is 0 Å². The first kappa shape index (κ1) is 20.2. The summed E-state index contributed by atoms with van der Waals surface area (Å²) < 4.78 is 5.19. The van der Waals surface area contributed by atoms with Crippen LogP contribution in [-0.2, 0) is 17.7 Å². The summed E-state index contributed by atoms with van der Waals surface area (Å²) >= 11 is 0. The zero-order valence-electron chi connectivity index (χ0n) is 17.1. The summed E-state index contributed by atoms with van der Waals surface area (Å²) in [5.41, 5.74) is 8.41. The Labute approximate surface area is 164 Å². The van der Waals surface area contributed by atoms with Crippen molar-refractivity contribution in [1.29, 1.82) is 0 Å². The van der Waals surface area contributed by atoms with Gasteiger partial charge in [-0.1, -0.05) is 63.6 Å². The van der Waals surface area contributed by atoms with Gasteiger partial charge in [0.15, 0.2) is 0 Å². The Morgan fingerprint density at radius 1 is 0.963 bits per heavy atom. The lowest BCUT2D eigenvalue weighted by molar-refractivity contribution is 0.275. The van der Waals surface area contributed by atoms with Gasteiger partial charge >= 0.3 is 14.0 Å². The van der Waals surface area contributed by atoms with Crippen molar-refractivity contribution in [3.8, 4) is 0 Å². The molecule has 0 atom stereocenters. The first-order valence-electron chi connectivity index (χ1n) is 10.0. The molecule has 2 aliphatic rings. The number of rotatable bonds is 2. The van der Waals surface area contributed by atoms with E-state index in [1.54, 1.807) is 0 Å². The molecule has 2 N–H and O–H groups in total. The number of hydrogen-bond acceptors (Lipinski definition) is 3. The van der Waals surface area contributed by atoms with Crippen LogP contribution in [0.1, 0.15) is 67.3 Å². The highest BCUT2D eigenvalue weighted by atomic mass is 16.5. The van der Waals surface area contributed by atoms with E-state index in [-0.39, 0.29) is 6.92 Å². The van der Waals surface area contributed by atoms with E-state index in [1.807, 2.05) is 0 Å². The second kappa shape index (κ2) is 8.22. The molecule has 5 heteroatoms. The Morgan fingerprint density at radius 2 is 1.67 bits per heavy atom. The van der Waals surface area contributed by atoms with Crippen LogP contribution in [0, 0.1) is 6.92 Å². The minimum Gasteiger partial charge on any atom is -0.446 e. The quantitative estimate of drug-likeness (QED) is 0.806. The molecule has 0 saturated carbocycles. The van der Waals surface area contributed by atoms with Crippen LogP contribution in [-0.4, -0.2) is 24.1 Å². The molecule has 2 aromatic carbocycles. The smallest absolute Gasteiger partial charge is 0.446 e. The van der Waals surface area contributed by atoms with Crippen molar-refractivity contribution in [2.75, 3.05) is 0 Å². The predicted octanol–water partition coefficient (Wildman–Crippen LogP) is 2.89. The molecule has 0 spiro atoms. The topological polar surface area (TPSA) is 49.7 Å². The maximum absolute atomic E-state index is 9.69. The van der Waals surface area contributed by atoms with Crippen molar-refractivity contribution in [1.82, 2.24) is 0 Å². The van der Waals surface area contributed by atoms with E-state index in [0.717, 1.165) is 29.2 Å². The molecule has 142 valence electrons. The standard InChI is InChI=1S/C11H15BO2.C11H15BO/c1-7(2)10-5-4-9-6-14-12(13)11(9)8(10)3;1-8(2)10-4-3-9-5-6-12(13)11(9)7-10/h4-5,7,13H,6H2,1-3H3;3-4,7-8,13H,5-6H2,1-2H3. The molecule has 0 fully saturated rings. The summed E-state index contributed by atoms with van der Waals surface area (Å²) in [5.74, 6) is 1.05. The van der Waals surface area contributed by atoms with Crippen LogP contribution in [0.4, 0.5) is 0 Å². The van der Waals surface area contributed by atoms with Gasteiger partial charge in [-0.3, -0.25) is 0 Å². The maximum Gasteiger partial charge on any atom is 0.492 e. The van der Waals surface area contributed by atoms with Gasteiger partial charge in [0.05, 0.1) is 6.61 Å². The van der Waals surface area contributed by atoms with Gasteiger partial charge in [0.2, 0.25) is 0 Å². The summed E-state index contributed by atoms with van der Waals surface area (Å²) in [6, 6.07) is 10.7. The van der Waals surface area contributed by atoms with Crippen LogP contribution in [0.25, 0.3) is 0 Å². The largest absolute Gasteiger partial charge is 0.492 e. The first-order valence-corrected chi connectivity index (χ1v) is 10.0. The van der Waals surface area contributed by atoms with Crippen molar-refractivity contribution in [2.45, 2.75) is 65.8 Å². The highest BCUT2D eigenvalue weighted by Gasteiger charge is 2.30. The Bertz CT molecular complexity index is 817. The molecule has 0 radical (unpaired) electrons. The van der Waals surface area contributed by atoms with E-state index in [1.165, 1.54) is 22.3 Å². The molecule has 0 aromatic heterocycles. The minimum absolute atomic E-state index is 0.214. The van der Waals surface area contributed by atoms with E-state index < -0.39 is 7.12 Å². The number of fused-ring (bicyclic) bond motifs is 2. The molecule has 0 aliphatic carbocycles. The summed E-state index contributed by atoms with van der Waals surface area (Å²) in [6.07, 6.45) is 1.94. The fourth-order valence-corrected chi connectivity index (χ4v) is 4.11. The zero-order valence-corrected chi connectivity index (χ0v) is 17.1. The van der Waals surface area contributed by atoms with Crippen LogP contribution in [0.2, 0.25) is 6.32 Å². The third kappa shape index (κ3) is 4.16. The third-order valence-electron chi connectivity index (χ3n) is 5.80. The molecule has 4 rings (SSSR count). The Kier molecular flexibility index (Phi) is 6.14. The van der Waals surface area contributed by atoms with Gasteiger partial charge in [-0.25, -0.2) is 0 Å². The second-order valence-electron chi connectivity index (χ2n) is 8.34. The van der Waals surface area contributed by atoms with Gasteiger partial charge in [-0.05, 0) is 64.7 Å². The van der Waals surface area contributed by atoms with Crippen molar-refractivity contribution in [3.63, 3.8) is 0 Å². The molecule has 2 aromatic rings. The summed E-state index contributed by atoms with van der Waals surface area (Å²) in [4.78, 5) is 0. The third-order valence-corrected chi connectivity index (χ3v) is 5.80. The van der Waals surface area contributed by atoms with E-state index in [0.29, 0.717) is 18.4 Å². The Morgan fingerprint density at radius 3 is 2.33 bits per heavy atom. The maximum atomic E-state index is 9.69. The van der Waals surface area contributed by atoms with Gasteiger partial charge in [0.1, 0.15) is 0 Å². The molecular weight excluding hydrogens is 334 g/mol. The average Bonchev–Trinajstić information content (AvgIpc) is 3.19. The number of benzene rings is 2. The highest BCUT2D eigenvalue weighted by Crippen LogP contribution is 2.22. The van der Waals surface area contributed by atoms with Crippen molar-refractivity contribution >= 4 is 25.0 Å². The van der Waals surface area contributed by atoms with Crippen molar-refractivity contribution < 1.29 is 14.7 Å². The second-order valence-corrected chi connectivity index (χ2v) is 8.34. The van der Waals surface area contributed by atoms with Crippen LogP contribution < -0.4 is 10.9 Å². The molecule has 2 aliphatic heterocycles. The van der Waals surface area contributed by atoms with Crippen LogP contribution in [0.15, 0.2) is 30.3 Å². The fraction of sp³-hybridized carbons (Fsp3) is 0.455. The molecule has 2 heterocycles. The van der Waals surface area contributed by atoms with Gasteiger partial charge in [0, 0.05) is 0 Å². The van der Waals surface area contributed by atoms with Gasteiger partial charge in [-0.2, -0.15) is 0 Å². The van der Waals surface area contributed by atoms with Gasteiger partial charge < -0.3 is 14.7 Å². The zero-order chi connectivity index (χ0) is 19.7. The average molecular weight is 364 g/mol. The Balaban J connectivity index is 0.000000156. The SMILES string of the molecule is CC(C)c1ccc2c(c1)B(O)CC2.Cc1c(C(C)C)ccc2c1B(O)OC2. The van der Waals surface area contributed by atoms with Crippen LogP contribution >= 0.6 is 0 Å². The van der Waals surface area contributed by atoms with E-state index >= 15 is 0 Å². The van der Waals surface area contributed by atoms with Crippen LogP contribution in [0.5, 0.6) is 0 Å². The first-order chi connectivity index (χ1) is 12.8. The lowest BCUT2D eigenvalue weighted by Crippen LogP contribution is -2.31. The molecular formula is C22H30B2O3. The summed E-state index contributed by atoms with van der Waals surface area (Å²) in [6.45, 7) is 11.1. The molecule has 0 unspecified atom stereocenters. The van der Waals surface area contributed by atoms with E-state index in [4.69, 9.17) is 4.65 Å². The molecule has 27 heavy (non-hydrogen) atoms. The van der Waals surface area contributed by atoms with E-state index in [9.17, 15) is 10.0 Å². The van der Waals surface area contributed by atoms with Crippen LogP contribution in [0.3, 0.4) is 0 Å². The van der Waals surface area contributed by atoms with Gasteiger partial charge in [0.25, 0.3) is 0 Å². The molecule has 0 bridgehead atoms. The summed E-state index contributed by atoms with van der Waals surface area (Å²) in [7, 11) is -0.719. The van der Waals surface area contributed by atoms with Gasteiger partial charge in [-0.15, -0.1) is 0 Å².